The van der Waals surface area contributed by atoms with Crippen LogP contribution in [0.3, 0.4) is 0 Å². The minimum absolute atomic E-state index is 0. The molecule has 0 aromatic carbocycles. The van der Waals surface area contributed by atoms with Crippen molar-refractivity contribution in [3.63, 3.8) is 0 Å². The largest absolute Gasteiger partial charge is 0.354 e. The van der Waals surface area contributed by atoms with Crippen LogP contribution in [0.5, 0.6) is 0 Å². The van der Waals surface area contributed by atoms with Gasteiger partial charge in [-0.15, -0.1) is 24.8 Å². The van der Waals surface area contributed by atoms with Crippen molar-refractivity contribution in [1.82, 2.24) is 15.5 Å². The molecule has 158 valence electrons. The molecule has 0 radical (unpaired) electrons. The summed E-state index contributed by atoms with van der Waals surface area (Å²) < 4.78 is 0. The van der Waals surface area contributed by atoms with Crippen LogP contribution < -0.4 is 10.6 Å². The second kappa shape index (κ2) is 10.9. The fourth-order valence-corrected chi connectivity index (χ4v) is 6.69. The lowest BCUT2D eigenvalue weighted by molar-refractivity contribution is -0.123. The van der Waals surface area contributed by atoms with Gasteiger partial charge in [0.25, 0.3) is 0 Å². The number of nitrogens with one attached hydrogen (secondary N) is 2. The maximum Gasteiger partial charge on any atom is 0.220 e. The Bertz CT molecular complexity index is 458. The molecule has 0 aromatic heterocycles. The molecule has 2 N–H and O–H groups in total. The van der Waals surface area contributed by atoms with Gasteiger partial charge in [0.15, 0.2) is 0 Å². The van der Waals surface area contributed by atoms with E-state index in [-0.39, 0.29) is 30.4 Å². The summed E-state index contributed by atoms with van der Waals surface area (Å²) in [5, 5.41) is 7.07. The zero-order valence-electron chi connectivity index (χ0n) is 16.4. The third-order valence-electron chi connectivity index (χ3n) is 7.13. The summed E-state index contributed by atoms with van der Waals surface area (Å²) >= 11 is 2.08. The Morgan fingerprint density at radius 1 is 1.04 bits per heavy atom. The van der Waals surface area contributed by atoms with Crippen LogP contribution >= 0.6 is 36.6 Å². The third-order valence-corrected chi connectivity index (χ3v) is 8.07. The first-order valence-corrected chi connectivity index (χ1v) is 11.7. The molecule has 0 aromatic rings. The average Bonchev–Trinajstić information content (AvgIpc) is 3.00. The number of fused-ring (bicyclic) bond motifs is 2. The highest BCUT2D eigenvalue weighted by molar-refractivity contribution is 7.99. The Labute approximate surface area is 181 Å². The number of rotatable bonds is 5. The van der Waals surface area contributed by atoms with Crippen molar-refractivity contribution in [3.05, 3.63) is 0 Å². The van der Waals surface area contributed by atoms with Gasteiger partial charge in [-0.3, -0.25) is 9.69 Å². The van der Waals surface area contributed by atoms with Gasteiger partial charge < -0.3 is 10.6 Å². The van der Waals surface area contributed by atoms with Crippen LogP contribution in [0.25, 0.3) is 0 Å². The lowest BCUT2D eigenvalue weighted by Gasteiger charge is -2.48. The van der Waals surface area contributed by atoms with Crippen molar-refractivity contribution in [2.24, 2.45) is 5.92 Å². The molecular weight excluding hydrogens is 401 g/mol. The molecule has 4 aliphatic rings. The van der Waals surface area contributed by atoms with Crippen LogP contribution in [0, 0.1) is 5.92 Å². The van der Waals surface area contributed by atoms with Gasteiger partial charge in [-0.1, -0.05) is 19.3 Å². The topological polar surface area (TPSA) is 44.4 Å². The number of carbonyl (C=O) groups is 1. The fourth-order valence-electron chi connectivity index (χ4n) is 5.79. The van der Waals surface area contributed by atoms with E-state index >= 15 is 0 Å². The monoisotopic (exact) mass is 437 g/mol. The molecule has 1 amide bonds. The molecule has 3 aliphatic heterocycles. The number of halogens is 2. The van der Waals surface area contributed by atoms with Crippen molar-refractivity contribution >= 4 is 42.5 Å². The van der Waals surface area contributed by atoms with E-state index in [1.807, 2.05) is 0 Å². The molecule has 1 saturated carbocycles. The molecule has 4 fully saturated rings. The van der Waals surface area contributed by atoms with Crippen LogP contribution in [0.2, 0.25) is 0 Å². The van der Waals surface area contributed by atoms with E-state index in [1.165, 1.54) is 82.4 Å². The van der Waals surface area contributed by atoms with Crippen LogP contribution in [0.1, 0.15) is 64.2 Å². The molecule has 2 unspecified atom stereocenters. The van der Waals surface area contributed by atoms with E-state index in [2.05, 4.69) is 27.3 Å². The van der Waals surface area contributed by atoms with Gasteiger partial charge in [-0.2, -0.15) is 11.8 Å². The molecule has 1 aliphatic carbocycles. The Morgan fingerprint density at radius 2 is 1.67 bits per heavy atom. The maximum absolute atomic E-state index is 12.7. The number of carbonyl (C=O) groups excluding carboxylic acids is 1. The maximum atomic E-state index is 12.7. The van der Waals surface area contributed by atoms with Gasteiger partial charge in [0.1, 0.15) is 0 Å². The predicted octanol–water partition coefficient (Wildman–Crippen LogP) is 3.62. The van der Waals surface area contributed by atoms with Gasteiger partial charge >= 0.3 is 0 Å². The zero-order valence-corrected chi connectivity index (χ0v) is 18.9. The molecule has 0 spiro atoms. The first-order valence-electron chi connectivity index (χ1n) is 10.6. The molecule has 3 saturated heterocycles. The number of amides is 1. The summed E-state index contributed by atoms with van der Waals surface area (Å²) in [6.07, 6.45) is 12.4. The Balaban J connectivity index is 0.00000131. The first-order chi connectivity index (χ1) is 12.2. The molecular formula is C20H37Cl2N3OS. The summed E-state index contributed by atoms with van der Waals surface area (Å²) in [6, 6.07) is 1.37. The summed E-state index contributed by atoms with van der Waals surface area (Å²) in [5.74, 6) is 3.43. The highest BCUT2D eigenvalue weighted by Gasteiger charge is 2.39. The Kier molecular flexibility index (Phi) is 9.54. The van der Waals surface area contributed by atoms with E-state index in [1.54, 1.807) is 0 Å². The fraction of sp³-hybridized carbons (Fsp3) is 0.950. The highest BCUT2D eigenvalue weighted by atomic mass is 35.5. The summed E-state index contributed by atoms with van der Waals surface area (Å²) in [5.41, 5.74) is 0.252. The molecule has 27 heavy (non-hydrogen) atoms. The highest BCUT2D eigenvalue weighted by Crippen LogP contribution is 2.35. The molecule has 4 rings (SSSR count). The predicted molar refractivity (Wildman–Crippen MR) is 120 cm³/mol. The standard InChI is InChI=1S/C20H35N3OS.2ClH/c24-19(14-16-12-17-4-5-18(13-16)22-17)21-15-20(6-2-1-3-7-20)23-8-10-25-11-9-23;;/h16-18,22H,1-15H2,(H,21,24);2*1H. The number of thioether (sulfide) groups is 1. The number of piperidine rings is 1. The summed E-state index contributed by atoms with van der Waals surface area (Å²) in [4.78, 5) is 15.4. The molecule has 2 bridgehead atoms. The van der Waals surface area contributed by atoms with Gasteiger partial charge in [-0.25, -0.2) is 0 Å². The van der Waals surface area contributed by atoms with E-state index in [9.17, 15) is 4.79 Å². The minimum atomic E-state index is 0. The smallest absolute Gasteiger partial charge is 0.220 e. The van der Waals surface area contributed by atoms with E-state index in [4.69, 9.17) is 0 Å². The molecule has 2 atom stereocenters. The Hall–Kier alpha value is 0.320. The van der Waals surface area contributed by atoms with E-state index < -0.39 is 0 Å². The van der Waals surface area contributed by atoms with Crippen LogP contribution in [-0.2, 0) is 4.79 Å². The van der Waals surface area contributed by atoms with E-state index in [0.717, 1.165) is 13.0 Å². The second-order valence-electron chi connectivity index (χ2n) is 8.84. The lowest BCUT2D eigenvalue weighted by Crippen LogP contribution is -2.59. The molecule has 4 nitrogen and oxygen atoms in total. The van der Waals surface area contributed by atoms with Crippen LogP contribution in [0.4, 0.5) is 0 Å². The zero-order chi connectivity index (χ0) is 17.1. The number of hydrogen-bond donors (Lipinski definition) is 2. The third kappa shape index (κ3) is 5.91. The van der Waals surface area contributed by atoms with Crippen molar-refractivity contribution < 1.29 is 4.79 Å². The minimum Gasteiger partial charge on any atom is -0.354 e. The second-order valence-corrected chi connectivity index (χ2v) is 10.1. The number of hydrogen-bond acceptors (Lipinski definition) is 4. The van der Waals surface area contributed by atoms with Crippen molar-refractivity contribution in [2.45, 2.75) is 81.8 Å². The van der Waals surface area contributed by atoms with Crippen LogP contribution in [-0.4, -0.2) is 59.6 Å². The SMILES string of the molecule is Cl.Cl.O=C(CC1CC2CCC(C1)N2)NCC1(N2CCSCC2)CCCCC1. The first kappa shape index (κ1) is 23.6. The normalized spacial score (nSPS) is 32.8. The van der Waals surface area contributed by atoms with Crippen LogP contribution in [0.15, 0.2) is 0 Å². The van der Waals surface area contributed by atoms with Gasteiger partial charge in [0.2, 0.25) is 5.91 Å². The summed E-state index contributed by atoms with van der Waals surface area (Å²) in [7, 11) is 0. The average molecular weight is 439 g/mol. The van der Waals surface area contributed by atoms with Crippen molar-refractivity contribution in [1.29, 1.82) is 0 Å². The number of nitrogens with zero attached hydrogens (tertiary/aromatic N) is 1. The molecule has 7 heteroatoms. The van der Waals surface area contributed by atoms with Gasteiger partial charge in [0, 0.05) is 55.2 Å². The molecule has 3 heterocycles. The van der Waals surface area contributed by atoms with E-state index in [0.29, 0.717) is 23.9 Å². The Morgan fingerprint density at radius 3 is 2.30 bits per heavy atom. The van der Waals surface area contributed by atoms with Crippen molar-refractivity contribution in [3.8, 4) is 0 Å². The van der Waals surface area contributed by atoms with Gasteiger partial charge in [-0.05, 0) is 44.4 Å². The van der Waals surface area contributed by atoms with Gasteiger partial charge in [0.05, 0.1) is 0 Å². The lowest BCUT2D eigenvalue weighted by atomic mass is 9.79. The summed E-state index contributed by atoms with van der Waals surface area (Å²) in [6.45, 7) is 3.30. The quantitative estimate of drug-likeness (QED) is 0.688. The van der Waals surface area contributed by atoms with Crippen molar-refractivity contribution in [2.75, 3.05) is 31.1 Å².